The van der Waals surface area contributed by atoms with Crippen LogP contribution in [0.15, 0.2) is 90.0 Å². The monoisotopic (exact) mass is 413 g/mol. The largest absolute Gasteiger partial charge is 0.489 e. The molecule has 1 amide bonds. The average molecular weight is 413 g/mol. The summed E-state index contributed by atoms with van der Waals surface area (Å²) in [5.74, 6) is 0.585. The SMILES string of the molecule is O=C(Cn1cnc2ccccc2c1=O)NCCc1ccc(OCc2ccccc2)cc1. The summed E-state index contributed by atoms with van der Waals surface area (Å²) in [5.41, 5.74) is 2.62. The highest BCUT2D eigenvalue weighted by molar-refractivity contribution is 5.78. The smallest absolute Gasteiger partial charge is 0.261 e. The number of carbonyl (C=O) groups excluding carboxylic acids is 1. The lowest BCUT2D eigenvalue weighted by molar-refractivity contribution is -0.121. The second kappa shape index (κ2) is 9.71. The van der Waals surface area contributed by atoms with Crippen LogP contribution in [-0.4, -0.2) is 22.0 Å². The fraction of sp³-hybridized carbons (Fsp3) is 0.160. The lowest BCUT2D eigenvalue weighted by Crippen LogP contribution is -2.33. The van der Waals surface area contributed by atoms with Crippen LogP contribution in [0.1, 0.15) is 11.1 Å². The zero-order valence-corrected chi connectivity index (χ0v) is 17.0. The molecule has 0 saturated heterocycles. The molecular weight excluding hydrogens is 390 g/mol. The summed E-state index contributed by atoms with van der Waals surface area (Å²) in [6, 6.07) is 25.0. The summed E-state index contributed by atoms with van der Waals surface area (Å²) in [4.78, 5) is 28.9. The number of hydrogen-bond acceptors (Lipinski definition) is 4. The van der Waals surface area contributed by atoms with E-state index in [2.05, 4.69) is 10.3 Å². The molecule has 0 atom stereocenters. The molecule has 4 rings (SSSR count). The van der Waals surface area contributed by atoms with Crippen molar-refractivity contribution in [2.24, 2.45) is 0 Å². The van der Waals surface area contributed by atoms with Crippen LogP contribution in [0.5, 0.6) is 5.75 Å². The highest BCUT2D eigenvalue weighted by atomic mass is 16.5. The van der Waals surface area contributed by atoms with Crippen LogP contribution in [0, 0.1) is 0 Å². The Bertz CT molecular complexity index is 1220. The molecule has 1 N–H and O–H groups in total. The van der Waals surface area contributed by atoms with E-state index in [1.165, 1.54) is 10.9 Å². The van der Waals surface area contributed by atoms with Gasteiger partial charge in [0, 0.05) is 6.54 Å². The van der Waals surface area contributed by atoms with E-state index in [4.69, 9.17) is 4.74 Å². The summed E-state index contributed by atoms with van der Waals surface area (Å²) in [7, 11) is 0. The normalized spacial score (nSPS) is 10.7. The van der Waals surface area contributed by atoms with Crippen LogP contribution < -0.4 is 15.6 Å². The number of benzene rings is 3. The molecule has 0 aliphatic heterocycles. The Morgan fingerprint density at radius 3 is 2.45 bits per heavy atom. The first-order chi connectivity index (χ1) is 15.2. The number of nitrogens with zero attached hydrogens (tertiary/aromatic N) is 2. The van der Waals surface area contributed by atoms with Gasteiger partial charge in [-0.1, -0.05) is 54.6 Å². The maximum absolute atomic E-state index is 12.5. The van der Waals surface area contributed by atoms with Gasteiger partial charge in [-0.2, -0.15) is 0 Å². The van der Waals surface area contributed by atoms with Gasteiger partial charge in [0.05, 0.1) is 17.2 Å². The van der Waals surface area contributed by atoms with Crippen molar-refractivity contribution in [1.29, 1.82) is 0 Å². The van der Waals surface area contributed by atoms with Gasteiger partial charge in [-0.3, -0.25) is 14.2 Å². The van der Waals surface area contributed by atoms with Crippen LogP contribution in [0.25, 0.3) is 10.9 Å². The van der Waals surface area contributed by atoms with Crippen LogP contribution in [-0.2, 0) is 24.4 Å². The molecule has 0 radical (unpaired) electrons. The third-order valence-electron chi connectivity index (χ3n) is 4.95. The highest BCUT2D eigenvalue weighted by Gasteiger charge is 2.07. The van der Waals surface area contributed by atoms with E-state index in [0.717, 1.165) is 16.9 Å². The molecule has 0 fully saturated rings. The van der Waals surface area contributed by atoms with Gasteiger partial charge >= 0.3 is 0 Å². The third kappa shape index (κ3) is 5.36. The number of rotatable bonds is 8. The zero-order chi connectivity index (χ0) is 21.5. The van der Waals surface area contributed by atoms with Crippen molar-refractivity contribution >= 4 is 16.8 Å². The Morgan fingerprint density at radius 2 is 1.65 bits per heavy atom. The third-order valence-corrected chi connectivity index (χ3v) is 4.95. The van der Waals surface area contributed by atoms with Gasteiger partial charge in [0.1, 0.15) is 18.9 Å². The van der Waals surface area contributed by atoms with Gasteiger partial charge in [-0.25, -0.2) is 4.98 Å². The van der Waals surface area contributed by atoms with E-state index in [-0.39, 0.29) is 18.0 Å². The van der Waals surface area contributed by atoms with Crippen molar-refractivity contribution in [1.82, 2.24) is 14.9 Å². The molecule has 0 saturated carbocycles. The minimum atomic E-state index is -0.220. The Hall–Kier alpha value is -3.93. The minimum absolute atomic E-state index is 0.0526. The van der Waals surface area contributed by atoms with Crippen molar-refractivity contribution in [2.45, 2.75) is 19.6 Å². The molecule has 3 aromatic carbocycles. The van der Waals surface area contributed by atoms with Gasteiger partial charge in [0.15, 0.2) is 0 Å². The molecule has 0 aliphatic carbocycles. The number of ether oxygens (including phenoxy) is 1. The molecule has 31 heavy (non-hydrogen) atoms. The molecule has 1 heterocycles. The number of amides is 1. The van der Waals surface area contributed by atoms with Crippen molar-refractivity contribution in [2.75, 3.05) is 6.54 Å². The van der Waals surface area contributed by atoms with Gasteiger partial charge in [0.25, 0.3) is 5.56 Å². The molecule has 1 aromatic heterocycles. The van der Waals surface area contributed by atoms with Crippen LogP contribution in [0.2, 0.25) is 0 Å². The number of para-hydroxylation sites is 1. The topological polar surface area (TPSA) is 73.2 Å². The summed E-state index contributed by atoms with van der Waals surface area (Å²) >= 11 is 0. The molecule has 6 heteroatoms. The maximum Gasteiger partial charge on any atom is 0.261 e. The first kappa shape index (κ1) is 20.3. The maximum atomic E-state index is 12.5. The van der Waals surface area contributed by atoms with Gasteiger partial charge < -0.3 is 10.1 Å². The molecule has 156 valence electrons. The Kier molecular flexibility index (Phi) is 6.38. The number of fused-ring (bicyclic) bond motifs is 1. The fourth-order valence-electron chi connectivity index (χ4n) is 3.27. The fourth-order valence-corrected chi connectivity index (χ4v) is 3.27. The van der Waals surface area contributed by atoms with Crippen molar-refractivity contribution < 1.29 is 9.53 Å². The molecule has 0 aliphatic rings. The second-order valence-electron chi connectivity index (χ2n) is 7.21. The van der Waals surface area contributed by atoms with E-state index in [0.29, 0.717) is 30.5 Å². The van der Waals surface area contributed by atoms with E-state index in [9.17, 15) is 9.59 Å². The van der Waals surface area contributed by atoms with Gasteiger partial charge in [-0.05, 0) is 41.8 Å². The van der Waals surface area contributed by atoms with Crippen molar-refractivity contribution in [3.63, 3.8) is 0 Å². The van der Waals surface area contributed by atoms with E-state index < -0.39 is 0 Å². The summed E-state index contributed by atoms with van der Waals surface area (Å²) in [6.45, 7) is 0.959. The standard InChI is InChI=1S/C25H23N3O3/c29-24(16-28-18-27-23-9-5-4-8-22(23)25(28)30)26-15-14-19-10-12-21(13-11-19)31-17-20-6-2-1-3-7-20/h1-13,18H,14-17H2,(H,26,29). The Morgan fingerprint density at radius 1 is 0.903 bits per heavy atom. The summed E-state index contributed by atoms with van der Waals surface area (Å²) < 4.78 is 7.12. The quantitative estimate of drug-likeness (QED) is 0.481. The summed E-state index contributed by atoms with van der Waals surface area (Å²) in [6.07, 6.45) is 2.11. The second-order valence-corrected chi connectivity index (χ2v) is 7.21. The van der Waals surface area contributed by atoms with Crippen LogP contribution in [0.4, 0.5) is 0 Å². The minimum Gasteiger partial charge on any atom is -0.489 e. The average Bonchev–Trinajstić information content (AvgIpc) is 2.81. The first-order valence-corrected chi connectivity index (χ1v) is 10.2. The molecule has 4 aromatic rings. The van der Waals surface area contributed by atoms with Gasteiger partial charge in [0.2, 0.25) is 5.91 Å². The highest BCUT2D eigenvalue weighted by Crippen LogP contribution is 2.14. The van der Waals surface area contributed by atoms with Crippen molar-refractivity contribution in [3.8, 4) is 5.75 Å². The van der Waals surface area contributed by atoms with Crippen LogP contribution >= 0.6 is 0 Å². The molecule has 0 spiro atoms. The zero-order valence-electron chi connectivity index (χ0n) is 17.0. The van der Waals surface area contributed by atoms with Crippen LogP contribution in [0.3, 0.4) is 0 Å². The lowest BCUT2D eigenvalue weighted by atomic mass is 10.1. The summed E-state index contributed by atoms with van der Waals surface area (Å²) in [5, 5.41) is 3.37. The van der Waals surface area contributed by atoms with E-state index in [1.54, 1.807) is 18.2 Å². The number of carbonyl (C=O) groups is 1. The van der Waals surface area contributed by atoms with Gasteiger partial charge in [-0.15, -0.1) is 0 Å². The Labute approximate surface area is 180 Å². The molecule has 0 unspecified atom stereocenters. The number of nitrogens with one attached hydrogen (secondary N) is 1. The number of aromatic nitrogens is 2. The predicted molar refractivity (Wildman–Crippen MR) is 120 cm³/mol. The predicted octanol–water partition coefficient (Wildman–Crippen LogP) is 3.33. The van der Waals surface area contributed by atoms with Crippen molar-refractivity contribution in [3.05, 3.63) is 107 Å². The Balaban J connectivity index is 1.25. The lowest BCUT2D eigenvalue weighted by Gasteiger charge is -2.09. The molecule has 0 bridgehead atoms. The molecule has 6 nitrogen and oxygen atoms in total. The molecular formula is C25H23N3O3. The van der Waals surface area contributed by atoms with E-state index >= 15 is 0 Å². The first-order valence-electron chi connectivity index (χ1n) is 10.2. The number of hydrogen-bond donors (Lipinski definition) is 1. The van der Waals surface area contributed by atoms with E-state index in [1.807, 2.05) is 60.7 Å².